The number of hydrogen-bond acceptors (Lipinski definition) is 7. The average Bonchev–Trinajstić information content (AvgIpc) is 2.67. The topological polar surface area (TPSA) is 114 Å². The molecule has 3 rings (SSSR count). The Labute approximate surface area is 162 Å². The van der Waals surface area contributed by atoms with Crippen LogP contribution in [0, 0.1) is 10.1 Å². The van der Waals surface area contributed by atoms with Gasteiger partial charge >= 0.3 is 0 Å². The lowest BCUT2D eigenvalue weighted by Gasteiger charge is -2.35. The molecule has 0 unspecified atom stereocenters. The predicted octanol–water partition coefficient (Wildman–Crippen LogP) is 1.50. The Hall–Kier alpha value is -3.01. The molecular weight excluding hydrogens is 384 g/mol. The quantitative estimate of drug-likeness (QED) is 0.548. The Bertz CT molecular complexity index is 966. The zero-order valence-corrected chi connectivity index (χ0v) is 16.1. The number of aromatic nitrogens is 1. The number of hydrogen-bond donors (Lipinski definition) is 0. The van der Waals surface area contributed by atoms with E-state index in [1.165, 1.54) is 18.5 Å². The van der Waals surface area contributed by atoms with Gasteiger partial charge in [0.2, 0.25) is 0 Å². The first-order chi connectivity index (χ1) is 13.2. The average molecular weight is 404 g/mol. The van der Waals surface area contributed by atoms with Crippen molar-refractivity contribution in [2.24, 2.45) is 0 Å². The smallest absolute Gasteiger partial charge is 0.287 e. The molecule has 0 saturated carbocycles. The van der Waals surface area contributed by atoms with E-state index >= 15 is 0 Å². The van der Waals surface area contributed by atoms with Crippen molar-refractivity contribution in [1.82, 2.24) is 9.88 Å². The van der Waals surface area contributed by atoms with Crippen molar-refractivity contribution < 1.29 is 18.1 Å². The monoisotopic (exact) mass is 404 g/mol. The molecule has 28 heavy (non-hydrogen) atoms. The molecule has 0 N–H and O–H groups in total. The maximum atomic E-state index is 12.7. The minimum absolute atomic E-state index is 0.0532. The predicted molar refractivity (Wildman–Crippen MR) is 104 cm³/mol. The first-order valence-corrected chi connectivity index (χ1v) is 10.7. The van der Waals surface area contributed by atoms with Gasteiger partial charge in [-0.25, -0.2) is 13.4 Å². The van der Waals surface area contributed by atoms with Crippen molar-refractivity contribution in [3.8, 4) is 0 Å². The van der Waals surface area contributed by atoms with Gasteiger partial charge in [0, 0.05) is 44.1 Å². The summed E-state index contributed by atoms with van der Waals surface area (Å²) in [7, 11) is -3.11. The van der Waals surface area contributed by atoms with Gasteiger partial charge in [0.1, 0.15) is 12.0 Å². The third kappa shape index (κ3) is 4.83. The molecule has 1 aromatic carbocycles. The molecule has 0 bridgehead atoms. The van der Waals surface area contributed by atoms with Crippen LogP contribution in [0.3, 0.4) is 0 Å². The molecule has 148 valence electrons. The lowest BCUT2D eigenvalue weighted by atomic mass is 10.1. The SMILES string of the molecule is CS(=O)(=O)Cc1ccc(C(=O)N2CCN(c3ccc([N+](=O)[O-])cn3)CC2)cc1. The number of carbonyl (C=O) groups excluding carboxylic acids is 1. The highest BCUT2D eigenvalue weighted by Crippen LogP contribution is 2.18. The minimum Gasteiger partial charge on any atom is -0.353 e. The van der Waals surface area contributed by atoms with E-state index < -0.39 is 14.8 Å². The molecule has 1 saturated heterocycles. The number of pyridine rings is 1. The number of nitrogens with zero attached hydrogens (tertiary/aromatic N) is 4. The number of piperazine rings is 1. The molecule has 0 spiro atoms. The van der Waals surface area contributed by atoms with Gasteiger partial charge in [0.25, 0.3) is 11.6 Å². The number of nitro groups is 1. The Balaban J connectivity index is 1.59. The fourth-order valence-electron chi connectivity index (χ4n) is 3.04. The first kappa shape index (κ1) is 19.7. The molecule has 1 aromatic heterocycles. The van der Waals surface area contributed by atoms with Crippen LogP contribution in [0.25, 0.3) is 0 Å². The Kier molecular flexibility index (Phi) is 5.59. The highest BCUT2D eigenvalue weighted by Gasteiger charge is 2.23. The Morgan fingerprint density at radius 3 is 2.25 bits per heavy atom. The largest absolute Gasteiger partial charge is 0.353 e. The molecule has 2 heterocycles. The summed E-state index contributed by atoms with van der Waals surface area (Å²) in [6.07, 6.45) is 2.40. The van der Waals surface area contributed by atoms with Crippen LogP contribution in [-0.2, 0) is 15.6 Å². The molecule has 9 nitrogen and oxygen atoms in total. The maximum Gasteiger partial charge on any atom is 0.287 e. The third-order valence-electron chi connectivity index (χ3n) is 4.46. The van der Waals surface area contributed by atoms with E-state index in [2.05, 4.69) is 4.98 Å². The number of benzene rings is 1. The fourth-order valence-corrected chi connectivity index (χ4v) is 3.84. The van der Waals surface area contributed by atoms with Gasteiger partial charge in [-0.3, -0.25) is 14.9 Å². The van der Waals surface area contributed by atoms with Gasteiger partial charge in [-0.15, -0.1) is 0 Å². The summed E-state index contributed by atoms with van der Waals surface area (Å²) in [5, 5.41) is 10.7. The van der Waals surface area contributed by atoms with Crippen molar-refractivity contribution in [1.29, 1.82) is 0 Å². The van der Waals surface area contributed by atoms with Crippen molar-refractivity contribution in [3.05, 3.63) is 63.8 Å². The van der Waals surface area contributed by atoms with Gasteiger partial charge < -0.3 is 9.80 Å². The van der Waals surface area contributed by atoms with Gasteiger partial charge in [0.05, 0.1) is 10.7 Å². The molecule has 1 aliphatic heterocycles. The van der Waals surface area contributed by atoms with E-state index in [1.54, 1.807) is 35.2 Å². The number of rotatable bonds is 5. The number of carbonyl (C=O) groups is 1. The normalized spacial score (nSPS) is 14.8. The van der Waals surface area contributed by atoms with E-state index in [-0.39, 0.29) is 17.3 Å². The van der Waals surface area contributed by atoms with Crippen LogP contribution in [-0.4, -0.2) is 61.6 Å². The van der Waals surface area contributed by atoms with Crippen molar-refractivity contribution in [2.75, 3.05) is 37.3 Å². The minimum atomic E-state index is -3.11. The van der Waals surface area contributed by atoms with Crippen LogP contribution < -0.4 is 4.90 Å². The first-order valence-electron chi connectivity index (χ1n) is 8.64. The van der Waals surface area contributed by atoms with E-state index in [4.69, 9.17) is 0 Å². The van der Waals surface area contributed by atoms with E-state index in [0.717, 1.165) is 0 Å². The summed E-state index contributed by atoms with van der Waals surface area (Å²) >= 11 is 0. The second kappa shape index (κ2) is 7.93. The lowest BCUT2D eigenvalue weighted by molar-refractivity contribution is -0.385. The number of sulfone groups is 1. The van der Waals surface area contributed by atoms with Gasteiger partial charge in [0.15, 0.2) is 9.84 Å². The summed E-state index contributed by atoms with van der Waals surface area (Å²) in [6.45, 7) is 2.15. The van der Waals surface area contributed by atoms with Gasteiger partial charge in [-0.05, 0) is 23.8 Å². The van der Waals surface area contributed by atoms with E-state index in [1.807, 2.05) is 4.90 Å². The van der Waals surface area contributed by atoms with Crippen LogP contribution in [0.4, 0.5) is 11.5 Å². The van der Waals surface area contributed by atoms with Crippen LogP contribution in [0.5, 0.6) is 0 Å². The molecule has 2 aromatic rings. The Morgan fingerprint density at radius 2 is 1.75 bits per heavy atom. The number of anilines is 1. The van der Waals surface area contributed by atoms with Crippen molar-refractivity contribution in [2.45, 2.75) is 5.75 Å². The zero-order chi connectivity index (χ0) is 20.3. The summed E-state index contributed by atoms with van der Waals surface area (Å²) in [6, 6.07) is 9.63. The van der Waals surface area contributed by atoms with Crippen molar-refractivity contribution >= 4 is 27.2 Å². The molecule has 1 fully saturated rings. The van der Waals surface area contributed by atoms with Gasteiger partial charge in [-0.1, -0.05) is 12.1 Å². The molecule has 1 amide bonds. The standard InChI is InChI=1S/C18H20N4O5S/c1-28(26,27)13-14-2-4-15(5-3-14)18(23)21-10-8-20(9-11-21)17-7-6-16(12-19-17)22(24)25/h2-7,12H,8-11,13H2,1H3. The summed E-state index contributed by atoms with van der Waals surface area (Å²) in [5.74, 6) is 0.479. The molecule has 0 atom stereocenters. The van der Waals surface area contributed by atoms with Crippen LogP contribution in [0.15, 0.2) is 42.6 Å². The summed E-state index contributed by atoms with van der Waals surface area (Å²) < 4.78 is 22.7. The second-order valence-corrected chi connectivity index (χ2v) is 8.82. The fraction of sp³-hybridized carbons (Fsp3) is 0.333. The van der Waals surface area contributed by atoms with Crippen molar-refractivity contribution in [3.63, 3.8) is 0 Å². The highest BCUT2D eigenvalue weighted by atomic mass is 32.2. The molecule has 10 heteroatoms. The molecule has 0 aliphatic carbocycles. The molecule has 0 radical (unpaired) electrons. The second-order valence-electron chi connectivity index (χ2n) is 6.68. The van der Waals surface area contributed by atoms with Gasteiger partial charge in [-0.2, -0.15) is 0 Å². The summed E-state index contributed by atoms with van der Waals surface area (Å²) in [5.41, 5.74) is 1.10. The van der Waals surface area contributed by atoms with Crippen LogP contribution in [0.2, 0.25) is 0 Å². The van der Waals surface area contributed by atoms with Crippen LogP contribution in [0.1, 0.15) is 15.9 Å². The lowest BCUT2D eigenvalue weighted by Crippen LogP contribution is -2.49. The molecular formula is C18H20N4O5S. The van der Waals surface area contributed by atoms with E-state index in [9.17, 15) is 23.3 Å². The highest BCUT2D eigenvalue weighted by molar-refractivity contribution is 7.89. The molecule has 1 aliphatic rings. The number of amides is 1. The zero-order valence-electron chi connectivity index (χ0n) is 15.3. The van der Waals surface area contributed by atoms with E-state index in [0.29, 0.717) is 43.1 Å². The third-order valence-corrected chi connectivity index (χ3v) is 5.32. The maximum absolute atomic E-state index is 12.7. The van der Waals surface area contributed by atoms with Crippen LogP contribution >= 0.6 is 0 Å². The summed E-state index contributed by atoms with van der Waals surface area (Å²) in [4.78, 5) is 30.7. The Morgan fingerprint density at radius 1 is 1.11 bits per heavy atom.